The molecule has 0 spiro atoms. The Balaban J connectivity index is 1.93. The highest BCUT2D eigenvalue weighted by molar-refractivity contribution is 7.80. The number of nitro groups is 1. The van der Waals surface area contributed by atoms with Crippen molar-refractivity contribution in [1.29, 1.82) is 5.41 Å². The number of hydrogen-bond donors (Lipinski definition) is 3. The van der Waals surface area contributed by atoms with Gasteiger partial charge in [0.2, 0.25) is 0 Å². The fraction of sp³-hybridized carbons (Fsp3) is 0.130. The zero-order valence-corrected chi connectivity index (χ0v) is 18.3. The molecule has 9 nitrogen and oxygen atoms in total. The van der Waals surface area contributed by atoms with Crippen LogP contribution in [0.3, 0.4) is 0 Å². The van der Waals surface area contributed by atoms with Crippen molar-refractivity contribution in [3.63, 3.8) is 0 Å². The zero-order chi connectivity index (χ0) is 24.0. The second kappa shape index (κ2) is 10.4. The monoisotopic (exact) mass is 464 g/mol. The summed E-state index contributed by atoms with van der Waals surface area (Å²) in [5, 5.41) is 24.8. The molecule has 1 unspecified atom stereocenters. The molecule has 2 aromatic carbocycles. The SMILES string of the molecule is COC(=O)NC(=S)NC1C=CC(C(=O)c2ccccc2)=C(Cc2ccc([N+](=O)[O-])cc2)C1=N. The quantitative estimate of drug-likeness (QED) is 0.258. The fourth-order valence-corrected chi connectivity index (χ4v) is 3.46. The van der Waals surface area contributed by atoms with Gasteiger partial charge in [0.05, 0.1) is 23.8 Å². The van der Waals surface area contributed by atoms with Crippen molar-refractivity contribution in [2.45, 2.75) is 12.5 Å². The number of carbonyl (C=O) groups is 2. The van der Waals surface area contributed by atoms with Crippen LogP contribution in [0.5, 0.6) is 0 Å². The number of nitrogens with one attached hydrogen (secondary N) is 3. The normalized spacial score (nSPS) is 15.1. The van der Waals surface area contributed by atoms with E-state index in [1.165, 1.54) is 19.2 Å². The number of alkyl carbamates (subject to hydrolysis) is 1. The Labute approximate surface area is 194 Å². The summed E-state index contributed by atoms with van der Waals surface area (Å²) in [7, 11) is 1.20. The highest BCUT2D eigenvalue weighted by Crippen LogP contribution is 2.25. The first kappa shape index (κ1) is 23.5. The third kappa shape index (κ3) is 5.74. The number of hydrogen-bond acceptors (Lipinski definition) is 7. The van der Waals surface area contributed by atoms with Gasteiger partial charge >= 0.3 is 6.09 Å². The molecule has 168 valence electrons. The Bertz CT molecular complexity index is 1170. The largest absolute Gasteiger partial charge is 0.453 e. The topological polar surface area (TPSA) is 134 Å². The van der Waals surface area contributed by atoms with Crippen LogP contribution in [0.15, 0.2) is 77.9 Å². The molecule has 0 bridgehead atoms. The molecule has 1 aliphatic carbocycles. The number of nitrogens with zero attached hydrogens (tertiary/aromatic N) is 1. The number of nitro benzene ring substituents is 1. The minimum atomic E-state index is -0.750. The van der Waals surface area contributed by atoms with Crippen molar-refractivity contribution in [3.8, 4) is 0 Å². The summed E-state index contributed by atoms with van der Waals surface area (Å²) in [5.41, 5.74) is 1.99. The number of allylic oxidation sites excluding steroid dienone is 2. The maximum atomic E-state index is 13.2. The Morgan fingerprint density at radius 1 is 1.15 bits per heavy atom. The number of ketones is 1. The first-order chi connectivity index (χ1) is 15.8. The Hall–Kier alpha value is -4.18. The van der Waals surface area contributed by atoms with Crippen molar-refractivity contribution in [3.05, 3.63) is 99.1 Å². The molecule has 10 heteroatoms. The second-order valence-corrected chi connectivity index (χ2v) is 7.44. The second-order valence-electron chi connectivity index (χ2n) is 7.03. The van der Waals surface area contributed by atoms with Crippen molar-refractivity contribution in [1.82, 2.24) is 10.6 Å². The number of benzene rings is 2. The van der Waals surface area contributed by atoms with Crippen LogP contribution in [0.2, 0.25) is 0 Å². The lowest BCUT2D eigenvalue weighted by Crippen LogP contribution is -2.48. The smallest absolute Gasteiger partial charge is 0.413 e. The number of amides is 1. The number of ether oxygens (including phenoxy) is 1. The van der Waals surface area contributed by atoms with Crippen LogP contribution in [0, 0.1) is 15.5 Å². The van der Waals surface area contributed by atoms with Crippen molar-refractivity contribution < 1.29 is 19.2 Å². The van der Waals surface area contributed by atoms with Gasteiger partial charge in [-0.25, -0.2) is 4.79 Å². The molecule has 3 rings (SSSR count). The maximum absolute atomic E-state index is 13.2. The molecule has 0 saturated heterocycles. The molecule has 0 saturated carbocycles. The number of methoxy groups -OCH3 is 1. The summed E-state index contributed by atoms with van der Waals surface area (Å²) in [6.07, 6.45) is 2.68. The summed E-state index contributed by atoms with van der Waals surface area (Å²) in [4.78, 5) is 35.0. The fourth-order valence-electron chi connectivity index (χ4n) is 3.25. The van der Waals surface area contributed by atoms with Gasteiger partial charge in [0, 0.05) is 29.7 Å². The lowest BCUT2D eigenvalue weighted by Gasteiger charge is -2.25. The van der Waals surface area contributed by atoms with Crippen LogP contribution in [0.1, 0.15) is 15.9 Å². The Kier molecular flexibility index (Phi) is 7.42. The van der Waals surface area contributed by atoms with E-state index < -0.39 is 17.1 Å². The van der Waals surface area contributed by atoms with E-state index >= 15 is 0 Å². The van der Waals surface area contributed by atoms with Crippen LogP contribution < -0.4 is 10.6 Å². The lowest BCUT2D eigenvalue weighted by atomic mass is 9.85. The first-order valence-corrected chi connectivity index (χ1v) is 10.2. The summed E-state index contributed by atoms with van der Waals surface area (Å²) in [6, 6.07) is 13.9. The molecule has 1 atom stereocenters. The van der Waals surface area contributed by atoms with E-state index in [0.717, 1.165) is 0 Å². The van der Waals surface area contributed by atoms with Gasteiger partial charge in [0.1, 0.15) is 0 Å². The third-order valence-corrected chi connectivity index (χ3v) is 5.13. The van der Waals surface area contributed by atoms with E-state index in [1.807, 2.05) is 0 Å². The van der Waals surface area contributed by atoms with E-state index in [2.05, 4.69) is 15.4 Å². The van der Waals surface area contributed by atoms with Crippen LogP contribution >= 0.6 is 12.2 Å². The number of carbonyl (C=O) groups excluding carboxylic acids is 2. The summed E-state index contributed by atoms with van der Waals surface area (Å²) >= 11 is 5.09. The molecule has 3 N–H and O–H groups in total. The van der Waals surface area contributed by atoms with E-state index in [1.54, 1.807) is 54.6 Å². The molecular formula is C23H20N4O5S. The summed E-state index contributed by atoms with van der Waals surface area (Å²) in [6.45, 7) is 0. The minimum Gasteiger partial charge on any atom is -0.453 e. The standard InChI is InChI=1S/C23H20N4O5S/c1-32-23(29)26-22(33)25-19-12-11-17(21(28)15-5-3-2-4-6-15)18(20(19)24)13-14-7-9-16(10-8-14)27(30)31/h2-12,19,24H,13H2,1H3,(H2,25,26,29,33). The van der Waals surface area contributed by atoms with Gasteiger partial charge in [0.25, 0.3) is 5.69 Å². The zero-order valence-electron chi connectivity index (χ0n) is 17.5. The number of Topliss-reactive ketones (excluding diaryl/α,β-unsaturated/α-hetero) is 1. The molecular weight excluding hydrogens is 444 g/mol. The van der Waals surface area contributed by atoms with Gasteiger partial charge < -0.3 is 15.5 Å². The van der Waals surface area contributed by atoms with Crippen LogP contribution in [0.4, 0.5) is 10.5 Å². The first-order valence-electron chi connectivity index (χ1n) is 9.79. The average molecular weight is 465 g/mol. The van der Waals surface area contributed by atoms with Crippen LogP contribution in [-0.4, -0.2) is 40.8 Å². The molecule has 1 aliphatic rings. The van der Waals surface area contributed by atoms with E-state index in [9.17, 15) is 19.7 Å². The van der Waals surface area contributed by atoms with Crippen molar-refractivity contribution in [2.75, 3.05) is 7.11 Å². The number of non-ortho nitro benzene ring substituents is 1. The third-order valence-electron chi connectivity index (χ3n) is 4.91. The van der Waals surface area contributed by atoms with Gasteiger partial charge in [0.15, 0.2) is 10.9 Å². The number of thiocarbonyl (C=S) groups is 1. The molecule has 0 aliphatic heterocycles. The van der Waals surface area contributed by atoms with Crippen molar-refractivity contribution in [2.24, 2.45) is 0 Å². The highest BCUT2D eigenvalue weighted by atomic mass is 32.1. The van der Waals surface area contributed by atoms with Gasteiger partial charge in [-0.15, -0.1) is 0 Å². The highest BCUT2D eigenvalue weighted by Gasteiger charge is 2.27. The predicted octanol–water partition coefficient (Wildman–Crippen LogP) is 3.51. The van der Waals surface area contributed by atoms with E-state index in [-0.39, 0.29) is 28.7 Å². The van der Waals surface area contributed by atoms with Crippen molar-refractivity contribution >= 4 is 40.6 Å². The van der Waals surface area contributed by atoms with E-state index in [0.29, 0.717) is 22.3 Å². The Morgan fingerprint density at radius 2 is 1.82 bits per heavy atom. The van der Waals surface area contributed by atoms with Gasteiger partial charge in [-0.2, -0.15) is 0 Å². The lowest BCUT2D eigenvalue weighted by molar-refractivity contribution is -0.384. The molecule has 2 aromatic rings. The summed E-state index contributed by atoms with van der Waals surface area (Å²) < 4.78 is 4.51. The molecule has 33 heavy (non-hydrogen) atoms. The average Bonchev–Trinajstić information content (AvgIpc) is 2.82. The molecule has 0 fully saturated rings. The molecule has 0 radical (unpaired) electrons. The Morgan fingerprint density at radius 3 is 2.42 bits per heavy atom. The maximum Gasteiger partial charge on any atom is 0.413 e. The molecule has 1 amide bonds. The van der Waals surface area contributed by atoms with Gasteiger partial charge in [-0.05, 0) is 23.4 Å². The van der Waals surface area contributed by atoms with Gasteiger partial charge in [-0.3, -0.25) is 20.2 Å². The van der Waals surface area contributed by atoms with E-state index in [4.69, 9.17) is 17.6 Å². The predicted molar refractivity (Wildman–Crippen MR) is 127 cm³/mol. The minimum absolute atomic E-state index is 0.0335. The van der Waals surface area contributed by atoms with Gasteiger partial charge in [-0.1, -0.05) is 54.6 Å². The molecule has 0 heterocycles. The van der Waals surface area contributed by atoms with Crippen LogP contribution in [-0.2, 0) is 11.2 Å². The number of rotatable bonds is 6. The summed E-state index contributed by atoms with van der Waals surface area (Å²) in [5.74, 6) is -0.248. The van der Waals surface area contributed by atoms with Crippen LogP contribution in [0.25, 0.3) is 0 Å². The molecule has 0 aromatic heterocycles.